The summed E-state index contributed by atoms with van der Waals surface area (Å²) < 4.78 is 37.2. The van der Waals surface area contributed by atoms with E-state index in [0.717, 1.165) is 11.1 Å². The Morgan fingerprint density at radius 1 is 1.07 bits per heavy atom. The third-order valence-corrected chi connectivity index (χ3v) is 6.92. The number of hydrogen-bond donors (Lipinski definition) is 0. The number of benzene rings is 2. The van der Waals surface area contributed by atoms with Gasteiger partial charge in [0.25, 0.3) is 5.91 Å². The van der Waals surface area contributed by atoms with E-state index in [0.29, 0.717) is 12.0 Å². The molecule has 0 N–H and O–H groups in total. The van der Waals surface area contributed by atoms with Crippen molar-refractivity contribution in [1.82, 2.24) is 4.90 Å². The first-order valence-electron chi connectivity index (χ1n) is 9.41. The Morgan fingerprint density at radius 3 is 2.18 bits per heavy atom. The van der Waals surface area contributed by atoms with Gasteiger partial charge in [-0.3, -0.25) is 4.79 Å². The van der Waals surface area contributed by atoms with Crippen LogP contribution in [0.25, 0.3) is 0 Å². The van der Waals surface area contributed by atoms with Gasteiger partial charge in [-0.15, -0.1) is 0 Å². The molecule has 1 aliphatic rings. The molecule has 1 aliphatic heterocycles. The van der Waals surface area contributed by atoms with E-state index >= 15 is 0 Å². The summed E-state index contributed by atoms with van der Waals surface area (Å²) in [4.78, 5) is 14.8. The lowest BCUT2D eigenvalue weighted by Crippen LogP contribution is -2.40. The lowest BCUT2D eigenvalue weighted by molar-refractivity contribution is 0.0681. The Labute approximate surface area is 166 Å². The lowest BCUT2D eigenvalue weighted by Gasteiger charge is -2.29. The summed E-state index contributed by atoms with van der Waals surface area (Å²) in [5, 5.41) is 0. The highest BCUT2D eigenvalue weighted by molar-refractivity contribution is 7.91. The van der Waals surface area contributed by atoms with Crippen LogP contribution in [0.1, 0.15) is 48.7 Å². The van der Waals surface area contributed by atoms with E-state index in [9.17, 15) is 17.6 Å². The maximum absolute atomic E-state index is 13.2. The molecule has 6 heteroatoms. The standard InChI is InChI=1S/C22H26FNO3S/c1-22(2,3)18-8-6-17(7-9-18)21(25)24(20-12-13-28(26,27)15-20)14-16-4-10-19(23)11-5-16/h4-11,20H,12-15H2,1-3H3. The summed E-state index contributed by atoms with van der Waals surface area (Å²) in [5.74, 6) is -0.483. The lowest BCUT2D eigenvalue weighted by atomic mass is 9.86. The van der Waals surface area contributed by atoms with E-state index < -0.39 is 9.84 Å². The first kappa shape index (κ1) is 20.5. The van der Waals surface area contributed by atoms with Crippen molar-refractivity contribution in [3.8, 4) is 0 Å². The summed E-state index contributed by atoms with van der Waals surface area (Å²) >= 11 is 0. The molecular weight excluding hydrogens is 377 g/mol. The van der Waals surface area contributed by atoms with Gasteiger partial charge in [-0.1, -0.05) is 45.0 Å². The van der Waals surface area contributed by atoms with Crippen molar-refractivity contribution in [1.29, 1.82) is 0 Å². The van der Waals surface area contributed by atoms with Crippen LogP contribution in [0.2, 0.25) is 0 Å². The van der Waals surface area contributed by atoms with Gasteiger partial charge in [-0.25, -0.2) is 12.8 Å². The van der Waals surface area contributed by atoms with Crippen molar-refractivity contribution in [3.05, 3.63) is 71.0 Å². The number of amides is 1. The van der Waals surface area contributed by atoms with E-state index in [1.165, 1.54) is 12.1 Å². The highest BCUT2D eigenvalue weighted by Crippen LogP contribution is 2.25. The normalized spacial score (nSPS) is 18.8. The number of nitrogens with zero attached hydrogens (tertiary/aromatic N) is 1. The number of halogens is 1. The molecule has 0 aromatic heterocycles. The summed E-state index contributed by atoms with van der Waals surface area (Å²) in [6, 6.07) is 13.1. The number of carbonyl (C=O) groups excluding carboxylic acids is 1. The third-order valence-electron chi connectivity index (χ3n) is 5.17. The molecule has 0 saturated carbocycles. The van der Waals surface area contributed by atoms with Crippen LogP contribution < -0.4 is 0 Å². The molecule has 0 radical (unpaired) electrons. The van der Waals surface area contributed by atoms with Crippen molar-refractivity contribution in [2.75, 3.05) is 11.5 Å². The first-order valence-corrected chi connectivity index (χ1v) is 11.2. The molecule has 1 amide bonds. The second-order valence-corrected chi connectivity index (χ2v) is 10.7. The summed E-state index contributed by atoms with van der Waals surface area (Å²) in [5.41, 5.74) is 2.40. The molecule has 0 aliphatic carbocycles. The van der Waals surface area contributed by atoms with Crippen molar-refractivity contribution in [2.45, 2.75) is 45.2 Å². The molecule has 28 heavy (non-hydrogen) atoms. The topological polar surface area (TPSA) is 54.5 Å². The minimum absolute atomic E-state index is 0.0189. The van der Waals surface area contributed by atoms with Crippen LogP contribution in [0, 0.1) is 5.82 Å². The molecule has 1 saturated heterocycles. The van der Waals surface area contributed by atoms with Gasteiger partial charge < -0.3 is 4.90 Å². The summed E-state index contributed by atoms with van der Waals surface area (Å²) in [7, 11) is -3.14. The third kappa shape index (κ3) is 4.79. The molecule has 150 valence electrons. The number of carbonyl (C=O) groups is 1. The van der Waals surface area contributed by atoms with Gasteiger partial charge in [0.1, 0.15) is 5.82 Å². The van der Waals surface area contributed by atoms with E-state index in [1.807, 2.05) is 12.1 Å². The largest absolute Gasteiger partial charge is 0.330 e. The van der Waals surface area contributed by atoms with Crippen LogP contribution in [0.15, 0.2) is 48.5 Å². The SMILES string of the molecule is CC(C)(C)c1ccc(C(=O)N(Cc2ccc(F)cc2)C2CCS(=O)(=O)C2)cc1. The molecule has 1 fully saturated rings. The predicted molar refractivity (Wildman–Crippen MR) is 108 cm³/mol. The van der Waals surface area contributed by atoms with Crippen LogP contribution in [-0.2, 0) is 21.8 Å². The second-order valence-electron chi connectivity index (χ2n) is 8.44. The fourth-order valence-corrected chi connectivity index (χ4v) is 5.18. The molecule has 0 bridgehead atoms. The average Bonchev–Trinajstić information content (AvgIpc) is 2.99. The van der Waals surface area contributed by atoms with E-state index in [-0.39, 0.29) is 41.2 Å². The number of hydrogen-bond acceptors (Lipinski definition) is 3. The van der Waals surface area contributed by atoms with Gasteiger partial charge in [-0.05, 0) is 47.2 Å². The van der Waals surface area contributed by atoms with Gasteiger partial charge in [0.2, 0.25) is 0 Å². The van der Waals surface area contributed by atoms with Crippen molar-refractivity contribution < 1.29 is 17.6 Å². The Bertz CT molecular complexity index is 945. The quantitative estimate of drug-likeness (QED) is 0.777. The van der Waals surface area contributed by atoms with Crippen LogP contribution in [0.3, 0.4) is 0 Å². The molecule has 4 nitrogen and oxygen atoms in total. The molecule has 3 rings (SSSR count). The molecule has 2 aromatic carbocycles. The smallest absolute Gasteiger partial charge is 0.254 e. The van der Waals surface area contributed by atoms with E-state index in [4.69, 9.17) is 0 Å². The van der Waals surface area contributed by atoms with Crippen molar-refractivity contribution in [3.63, 3.8) is 0 Å². The molecule has 1 atom stereocenters. The van der Waals surface area contributed by atoms with E-state index in [1.54, 1.807) is 29.2 Å². The highest BCUT2D eigenvalue weighted by Gasteiger charge is 2.35. The second kappa shape index (κ2) is 7.66. The van der Waals surface area contributed by atoms with E-state index in [2.05, 4.69) is 20.8 Å². The predicted octanol–water partition coefficient (Wildman–Crippen LogP) is 3.95. The van der Waals surface area contributed by atoms with Crippen molar-refractivity contribution in [2.24, 2.45) is 0 Å². The van der Waals surface area contributed by atoms with Crippen LogP contribution in [-0.4, -0.2) is 36.8 Å². The van der Waals surface area contributed by atoms with Gasteiger partial charge in [0, 0.05) is 18.2 Å². The number of rotatable bonds is 4. The van der Waals surface area contributed by atoms with Gasteiger partial charge in [0.15, 0.2) is 9.84 Å². The van der Waals surface area contributed by atoms with Crippen LogP contribution in [0.4, 0.5) is 4.39 Å². The zero-order chi connectivity index (χ0) is 20.5. The monoisotopic (exact) mass is 403 g/mol. The Hall–Kier alpha value is -2.21. The fraction of sp³-hybridized carbons (Fsp3) is 0.409. The minimum atomic E-state index is -3.14. The molecule has 2 aromatic rings. The van der Waals surface area contributed by atoms with Crippen LogP contribution >= 0.6 is 0 Å². The molecular formula is C22H26FNO3S. The minimum Gasteiger partial charge on any atom is -0.330 e. The van der Waals surface area contributed by atoms with Crippen molar-refractivity contribution >= 4 is 15.7 Å². The Morgan fingerprint density at radius 2 is 1.68 bits per heavy atom. The van der Waals surface area contributed by atoms with Gasteiger partial charge >= 0.3 is 0 Å². The maximum Gasteiger partial charge on any atom is 0.254 e. The van der Waals surface area contributed by atoms with Gasteiger partial charge in [0.05, 0.1) is 11.5 Å². The molecule has 1 unspecified atom stereocenters. The average molecular weight is 404 g/mol. The van der Waals surface area contributed by atoms with Crippen LogP contribution in [0.5, 0.6) is 0 Å². The number of sulfone groups is 1. The first-order chi connectivity index (χ1) is 13.0. The zero-order valence-corrected chi connectivity index (χ0v) is 17.3. The fourth-order valence-electron chi connectivity index (χ4n) is 3.45. The Balaban J connectivity index is 1.89. The molecule has 1 heterocycles. The summed E-state index contributed by atoms with van der Waals surface area (Å²) in [6.45, 7) is 6.57. The molecule has 0 spiro atoms. The Kier molecular flexibility index (Phi) is 5.62. The van der Waals surface area contributed by atoms with Gasteiger partial charge in [-0.2, -0.15) is 0 Å². The summed E-state index contributed by atoms with van der Waals surface area (Å²) in [6.07, 6.45) is 0.426. The maximum atomic E-state index is 13.2. The highest BCUT2D eigenvalue weighted by atomic mass is 32.2. The zero-order valence-electron chi connectivity index (χ0n) is 16.5.